The predicted octanol–water partition coefficient (Wildman–Crippen LogP) is 1.49. The third-order valence-electron chi connectivity index (χ3n) is 3.89. The number of aryl methyl sites for hydroxylation is 1. The van der Waals surface area contributed by atoms with E-state index in [0.717, 1.165) is 45.7 Å². The van der Waals surface area contributed by atoms with Gasteiger partial charge in [-0.25, -0.2) is 0 Å². The third-order valence-corrected chi connectivity index (χ3v) is 3.89. The van der Waals surface area contributed by atoms with Crippen LogP contribution in [0.25, 0.3) is 0 Å². The Kier molecular flexibility index (Phi) is 4.11. The van der Waals surface area contributed by atoms with Gasteiger partial charge in [0.25, 0.3) is 0 Å². The van der Waals surface area contributed by atoms with Crippen LogP contribution < -0.4 is 5.32 Å². The van der Waals surface area contributed by atoms with Crippen LogP contribution in [0, 0.1) is 6.92 Å². The van der Waals surface area contributed by atoms with Crippen molar-refractivity contribution >= 4 is 11.5 Å². The molecule has 106 valence electrons. The van der Waals surface area contributed by atoms with Gasteiger partial charge in [-0.1, -0.05) is 29.8 Å². The van der Waals surface area contributed by atoms with Crippen LogP contribution in [0.15, 0.2) is 34.3 Å². The average Bonchev–Trinajstić information content (AvgIpc) is 2.75. The molecule has 1 N–H and O–H groups in total. The van der Waals surface area contributed by atoms with Crippen molar-refractivity contribution in [3.63, 3.8) is 0 Å². The molecule has 1 aromatic rings. The normalized spacial score (nSPS) is 20.1. The monoisotopic (exact) mass is 270 g/mol. The van der Waals surface area contributed by atoms with Gasteiger partial charge in [0.15, 0.2) is 0 Å². The molecule has 1 saturated heterocycles. The van der Waals surface area contributed by atoms with E-state index in [1.54, 1.807) is 0 Å². The molecule has 2 aliphatic rings. The summed E-state index contributed by atoms with van der Waals surface area (Å²) in [7, 11) is 0. The first kappa shape index (κ1) is 13.3. The Morgan fingerprint density at radius 3 is 2.45 bits per heavy atom. The Hall–Kier alpha value is -1.68. The summed E-state index contributed by atoms with van der Waals surface area (Å²) >= 11 is 0. The van der Waals surface area contributed by atoms with Crippen LogP contribution in [-0.4, -0.2) is 55.7 Å². The molecule has 20 heavy (non-hydrogen) atoms. The molecular formula is C16H22N4. The standard InChI is InChI=1S/C16H22N4/c1-13-2-4-14(5-3-13)15-12-16(19-7-6-18-15)20-10-8-17-9-11-20/h2-5,17H,6-12H2,1H3. The van der Waals surface area contributed by atoms with Crippen LogP contribution in [0.1, 0.15) is 17.5 Å². The quantitative estimate of drug-likeness (QED) is 0.840. The van der Waals surface area contributed by atoms with E-state index < -0.39 is 0 Å². The van der Waals surface area contributed by atoms with Crippen LogP contribution in [0.3, 0.4) is 0 Å². The Morgan fingerprint density at radius 1 is 1.00 bits per heavy atom. The van der Waals surface area contributed by atoms with Gasteiger partial charge in [0.2, 0.25) is 0 Å². The van der Waals surface area contributed by atoms with E-state index in [2.05, 4.69) is 41.4 Å². The second kappa shape index (κ2) is 6.18. The molecule has 1 aromatic carbocycles. The molecule has 0 unspecified atom stereocenters. The maximum absolute atomic E-state index is 4.74. The number of nitrogens with one attached hydrogen (secondary N) is 1. The molecule has 2 heterocycles. The Labute approximate surface area is 120 Å². The van der Waals surface area contributed by atoms with Gasteiger partial charge in [-0.2, -0.15) is 0 Å². The maximum atomic E-state index is 4.74. The fourth-order valence-electron chi connectivity index (χ4n) is 2.70. The van der Waals surface area contributed by atoms with Crippen LogP contribution in [0.4, 0.5) is 0 Å². The van der Waals surface area contributed by atoms with Gasteiger partial charge in [0, 0.05) is 38.3 Å². The van der Waals surface area contributed by atoms with E-state index in [-0.39, 0.29) is 0 Å². The van der Waals surface area contributed by atoms with Crippen molar-refractivity contribution in [3.8, 4) is 0 Å². The van der Waals surface area contributed by atoms with Crippen molar-refractivity contribution in [2.45, 2.75) is 13.3 Å². The van der Waals surface area contributed by atoms with Crippen molar-refractivity contribution in [1.82, 2.24) is 10.2 Å². The van der Waals surface area contributed by atoms with E-state index in [1.807, 2.05) is 0 Å². The molecule has 0 aliphatic carbocycles. The Balaban J connectivity index is 1.77. The highest BCUT2D eigenvalue weighted by Crippen LogP contribution is 2.12. The highest BCUT2D eigenvalue weighted by atomic mass is 15.2. The zero-order chi connectivity index (χ0) is 13.8. The fraction of sp³-hybridized carbons (Fsp3) is 0.500. The lowest BCUT2D eigenvalue weighted by Gasteiger charge is -2.30. The molecule has 0 radical (unpaired) electrons. The lowest BCUT2D eigenvalue weighted by Crippen LogP contribution is -2.47. The van der Waals surface area contributed by atoms with E-state index in [9.17, 15) is 0 Å². The number of aliphatic imine (C=N–C) groups is 2. The van der Waals surface area contributed by atoms with Crippen LogP contribution in [0.5, 0.6) is 0 Å². The number of hydrogen-bond donors (Lipinski definition) is 1. The smallest absolute Gasteiger partial charge is 0.105 e. The second-order valence-electron chi connectivity index (χ2n) is 5.41. The minimum Gasteiger partial charge on any atom is -0.357 e. The predicted molar refractivity (Wildman–Crippen MR) is 83.9 cm³/mol. The molecule has 3 rings (SSSR count). The molecule has 0 bridgehead atoms. The number of rotatable bonds is 1. The van der Waals surface area contributed by atoms with E-state index in [1.165, 1.54) is 22.7 Å². The topological polar surface area (TPSA) is 40.0 Å². The first-order chi connectivity index (χ1) is 9.83. The average molecular weight is 270 g/mol. The van der Waals surface area contributed by atoms with Crippen LogP contribution >= 0.6 is 0 Å². The molecular weight excluding hydrogens is 248 g/mol. The second-order valence-corrected chi connectivity index (χ2v) is 5.41. The molecule has 0 saturated carbocycles. The summed E-state index contributed by atoms with van der Waals surface area (Å²) in [5.41, 5.74) is 3.71. The van der Waals surface area contributed by atoms with Gasteiger partial charge in [-0.05, 0) is 12.5 Å². The SMILES string of the molecule is Cc1ccc(C2=NCCN=C(N3CCNCC3)C2)cc1. The summed E-state index contributed by atoms with van der Waals surface area (Å²) in [5.74, 6) is 1.21. The van der Waals surface area contributed by atoms with Crippen LogP contribution in [0.2, 0.25) is 0 Å². The summed E-state index contributed by atoms with van der Waals surface area (Å²) < 4.78 is 0. The first-order valence-corrected chi connectivity index (χ1v) is 7.42. The van der Waals surface area contributed by atoms with Gasteiger partial charge < -0.3 is 10.2 Å². The number of hydrogen-bond acceptors (Lipinski definition) is 4. The lowest BCUT2D eigenvalue weighted by molar-refractivity contribution is 0.353. The van der Waals surface area contributed by atoms with Crippen LogP contribution in [-0.2, 0) is 0 Å². The zero-order valence-corrected chi connectivity index (χ0v) is 12.1. The molecule has 0 spiro atoms. The van der Waals surface area contributed by atoms with E-state index in [0.29, 0.717) is 0 Å². The summed E-state index contributed by atoms with van der Waals surface area (Å²) in [4.78, 5) is 11.9. The van der Waals surface area contributed by atoms with E-state index >= 15 is 0 Å². The molecule has 0 atom stereocenters. The molecule has 4 heteroatoms. The van der Waals surface area contributed by atoms with Crippen molar-refractivity contribution in [2.75, 3.05) is 39.3 Å². The molecule has 0 aromatic heterocycles. The molecule has 0 amide bonds. The molecule has 4 nitrogen and oxygen atoms in total. The van der Waals surface area contributed by atoms with Gasteiger partial charge in [0.05, 0.1) is 13.1 Å². The Bertz CT molecular complexity index is 510. The van der Waals surface area contributed by atoms with Gasteiger partial charge in [-0.3, -0.25) is 9.98 Å². The first-order valence-electron chi connectivity index (χ1n) is 7.42. The summed E-state index contributed by atoms with van der Waals surface area (Å²) in [6.45, 7) is 7.95. The third kappa shape index (κ3) is 3.07. The summed E-state index contributed by atoms with van der Waals surface area (Å²) in [5, 5.41) is 3.39. The minimum atomic E-state index is 0.804. The van der Waals surface area contributed by atoms with E-state index in [4.69, 9.17) is 9.98 Å². The largest absolute Gasteiger partial charge is 0.357 e. The molecule has 2 aliphatic heterocycles. The van der Waals surface area contributed by atoms with Gasteiger partial charge in [-0.15, -0.1) is 0 Å². The van der Waals surface area contributed by atoms with Crippen molar-refractivity contribution in [2.24, 2.45) is 9.98 Å². The fourth-order valence-corrected chi connectivity index (χ4v) is 2.70. The van der Waals surface area contributed by atoms with Crippen molar-refractivity contribution in [3.05, 3.63) is 35.4 Å². The highest BCUT2D eigenvalue weighted by molar-refractivity contribution is 6.12. The number of piperazine rings is 1. The van der Waals surface area contributed by atoms with Gasteiger partial charge >= 0.3 is 0 Å². The van der Waals surface area contributed by atoms with Crippen molar-refractivity contribution in [1.29, 1.82) is 0 Å². The van der Waals surface area contributed by atoms with Gasteiger partial charge in [0.1, 0.15) is 5.84 Å². The summed E-state index contributed by atoms with van der Waals surface area (Å²) in [6.07, 6.45) is 0.864. The number of amidine groups is 1. The number of benzene rings is 1. The maximum Gasteiger partial charge on any atom is 0.105 e. The number of nitrogens with zero attached hydrogens (tertiary/aromatic N) is 3. The minimum absolute atomic E-state index is 0.804. The Morgan fingerprint density at radius 2 is 1.70 bits per heavy atom. The lowest BCUT2D eigenvalue weighted by atomic mass is 10.0. The van der Waals surface area contributed by atoms with Crippen molar-refractivity contribution < 1.29 is 0 Å². The molecule has 1 fully saturated rings. The summed E-state index contributed by atoms with van der Waals surface area (Å²) in [6, 6.07) is 8.67. The highest BCUT2D eigenvalue weighted by Gasteiger charge is 2.18. The zero-order valence-electron chi connectivity index (χ0n) is 12.1.